The molecule has 0 aromatic carbocycles. The van der Waals surface area contributed by atoms with Gasteiger partial charge in [-0.2, -0.15) is 8.42 Å². The lowest BCUT2D eigenvalue weighted by molar-refractivity contribution is -0.671. The standard InChI is InChI=1S/C10H19N2O4S/c1-3-4-8-15-17(13,14)16-9-7-12-6-5-11(2)10-12/h5-6,10H,3-4,7-9H2,1-2H3/q+1. The van der Waals surface area contributed by atoms with E-state index in [1.165, 1.54) is 0 Å². The monoisotopic (exact) mass is 263 g/mol. The van der Waals surface area contributed by atoms with E-state index in [4.69, 9.17) is 4.18 Å². The smallest absolute Gasteiger partial charge is 0.248 e. The van der Waals surface area contributed by atoms with Gasteiger partial charge >= 0.3 is 10.4 Å². The summed E-state index contributed by atoms with van der Waals surface area (Å²) in [7, 11) is -1.95. The van der Waals surface area contributed by atoms with Crippen LogP contribution in [0.3, 0.4) is 0 Å². The maximum Gasteiger partial charge on any atom is 0.399 e. The molecule has 1 aromatic heterocycles. The van der Waals surface area contributed by atoms with Gasteiger partial charge in [-0.3, -0.25) is 0 Å². The third-order valence-corrected chi connectivity index (χ3v) is 3.04. The number of hydrogen-bond acceptors (Lipinski definition) is 4. The molecule has 0 N–H and O–H groups in total. The highest BCUT2D eigenvalue weighted by molar-refractivity contribution is 7.81. The van der Waals surface area contributed by atoms with Crippen LogP contribution in [-0.4, -0.2) is 26.2 Å². The van der Waals surface area contributed by atoms with Crippen molar-refractivity contribution in [2.24, 2.45) is 7.05 Å². The molecule has 7 heteroatoms. The lowest BCUT2D eigenvalue weighted by atomic mass is 10.4. The molecular formula is C10H19N2O4S+. The van der Waals surface area contributed by atoms with Crippen LogP contribution in [0, 0.1) is 0 Å². The van der Waals surface area contributed by atoms with Gasteiger partial charge in [-0.1, -0.05) is 13.3 Å². The number of imidazole rings is 1. The zero-order chi connectivity index (χ0) is 12.7. The van der Waals surface area contributed by atoms with Gasteiger partial charge in [0.05, 0.1) is 13.7 Å². The van der Waals surface area contributed by atoms with E-state index in [2.05, 4.69) is 4.18 Å². The Kier molecular flexibility index (Phi) is 5.60. The first-order valence-corrected chi connectivity index (χ1v) is 6.91. The van der Waals surface area contributed by atoms with Crippen LogP contribution >= 0.6 is 0 Å². The summed E-state index contributed by atoms with van der Waals surface area (Å²) >= 11 is 0. The lowest BCUT2D eigenvalue weighted by Gasteiger charge is -2.04. The molecule has 98 valence electrons. The molecule has 1 rings (SSSR count). The van der Waals surface area contributed by atoms with Crippen LogP contribution in [0.5, 0.6) is 0 Å². The summed E-state index contributed by atoms with van der Waals surface area (Å²) in [6.07, 6.45) is 7.14. The number of aryl methyl sites for hydroxylation is 1. The van der Waals surface area contributed by atoms with Gasteiger partial charge < -0.3 is 0 Å². The van der Waals surface area contributed by atoms with Crippen molar-refractivity contribution < 1.29 is 21.4 Å². The van der Waals surface area contributed by atoms with E-state index in [0.717, 1.165) is 6.42 Å². The maximum atomic E-state index is 11.2. The molecule has 0 aliphatic carbocycles. The molecule has 6 nitrogen and oxygen atoms in total. The largest absolute Gasteiger partial charge is 0.399 e. The minimum absolute atomic E-state index is 0.0726. The van der Waals surface area contributed by atoms with Crippen LogP contribution in [0.1, 0.15) is 19.8 Å². The van der Waals surface area contributed by atoms with Gasteiger partial charge in [0, 0.05) is 0 Å². The number of nitrogens with zero attached hydrogens (tertiary/aromatic N) is 2. The van der Waals surface area contributed by atoms with Crippen LogP contribution in [0.15, 0.2) is 18.7 Å². The lowest BCUT2D eigenvalue weighted by Crippen LogP contribution is -2.24. The normalized spacial score (nSPS) is 11.9. The first kappa shape index (κ1) is 14.1. The van der Waals surface area contributed by atoms with Crippen molar-refractivity contribution in [3.8, 4) is 0 Å². The molecule has 0 radical (unpaired) electrons. The summed E-state index contributed by atoms with van der Waals surface area (Å²) in [5.41, 5.74) is 0. The first-order chi connectivity index (χ1) is 8.03. The van der Waals surface area contributed by atoms with E-state index >= 15 is 0 Å². The number of hydrogen-bond donors (Lipinski definition) is 0. The minimum atomic E-state index is -3.84. The quantitative estimate of drug-likeness (QED) is 0.503. The van der Waals surface area contributed by atoms with Crippen LogP contribution in [-0.2, 0) is 32.4 Å². The second-order valence-corrected chi connectivity index (χ2v) is 5.01. The van der Waals surface area contributed by atoms with Crippen molar-refractivity contribution >= 4 is 10.4 Å². The van der Waals surface area contributed by atoms with Crippen molar-refractivity contribution in [1.29, 1.82) is 0 Å². The van der Waals surface area contributed by atoms with Crippen molar-refractivity contribution in [2.75, 3.05) is 13.2 Å². The Morgan fingerprint density at radius 1 is 1.29 bits per heavy atom. The summed E-state index contributed by atoms with van der Waals surface area (Å²) in [6.45, 7) is 2.68. The highest BCUT2D eigenvalue weighted by Gasteiger charge is 2.12. The molecule has 17 heavy (non-hydrogen) atoms. The maximum absolute atomic E-state index is 11.2. The SMILES string of the molecule is CCCCOS(=O)(=O)OCCn1cc[n+](C)c1. The average Bonchev–Trinajstić information content (AvgIpc) is 2.64. The Morgan fingerprint density at radius 3 is 2.59 bits per heavy atom. The molecular weight excluding hydrogens is 244 g/mol. The summed E-state index contributed by atoms with van der Waals surface area (Å²) in [6, 6.07) is 0. The number of rotatable bonds is 8. The first-order valence-electron chi connectivity index (χ1n) is 5.58. The van der Waals surface area contributed by atoms with Gasteiger partial charge in [0.25, 0.3) is 0 Å². The molecule has 0 saturated heterocycles. The Morgan fingerprint density at radius 2 is 2.00 bits per heavy atom. The Balaban J connectivity index is 2.25. The number of unbranched alkanes of at least 4 members (excludes halogenated alkanes) is 1. The fraction of sp³-hybridized carbons (Fsp3) is 0.700. The van der Waals surface area contributed by atoms with Crippen molar-refractivity contribution in [2.45, 2.75) is 26.3 Å². The predicted molar refractivity (Wildman–Crippen MR) is 61.3 cm³/mol. The third kappa shape index (κ3) is 5.81. The molecule has 0 spiro atoms. The molecule has 0 saturated carbocycles. The van der Waals surface area contributed by atoms with Gasteiger partial charge in [-0.05, 0) is 6.42 Å². The van der Waals surface area contributed by atoms with Gasteiger partial charge in [-0.15, -0.1) is 0 Å². The summed E-state index contributed by atoms with van der Waals surface area (Å²) < 4.78 is 35.5. The van der Waals surface area contributed by atoms with Gasteiger partial charge in [0.15, 0.2) is 0 Å². The van der Waals surface area contributed by atoms with Crippen molar-refractivity contribution in [3.05, 3.63) is 18.7 Å². The summed E-state index contributed by atoms with van der Waals surface area (Å²) in [5.74, 6) is 0. The zero-order valence-electron chi connectivity index (χ0n) is 10.2. The predicted octanol–water partition coefficient (Wildman–Crippen LogP) is 0.391. The zero-order valence-corrected chi connectivity index (χ0v) is 11.0. The van der Waals surface area contributed by atoms with E-state index < -0.39 is 10.4 Å². The minimum Gasteiger partial charge on any atom is -0.248 e. The second kappa shape index (κ2) is 6.73. The van der Waals surface area contributed by atoms with Crippen LogP contribution in [0.2, 0.25) is 0 Å². The number of aromatic nitrogens is 2. The Bertz CT molecular complexity index is 427. The van der Waals surface area contributed by atoms with Gasteiger partial charge in [0.2, 0.25) is 6.33 Å². The van der Waals surface area contributed by atoms with Crippen LogP contribution < -0.4 is 4.57 Å². The fourth-order valence-corrected chi connectivity index (χ4v) is 1.89. The molecule has 0 bridgehead atoms. The molecule has 0 aliphatic rings. The van der Waals surface area contributed by atoms with Gasteiger partial charge in [0.1, 0.15) is 25.5 Å². The summed E-state index contributed by atoms with van der Waals surface area (Å²) in [5, 5.41) is 0. The van der Waals surface area contributed by atoms with Gasteiger partial charge in [-0.25, -0.2) is 17.5 Å². The van der Waals surface area contributed by atoms with E-state index in [9.17, 15) is 8.42 Å². The van der Waals surface area contributed by atoms with E-state index in [1.54, 1.807) is 0 Å². The molecule has 1 heterocycles. The highest BCUT2D eigenvalue weighted by atomic mass is 32.3. The molecule has 0 aliphatic heterocycles. The Hall–Kier alpha value is -0.920. The molecule has 0 atom stereocenters. The topological polar surface area (TPSA) is 61.4 Å². The molecule has 0 unspecified atom stereocenters. The highest BCUT2D eigenvalue weighted by Crippen LogP contribution is 1.99. The van der Waals surface area contributed by atoms with Crippen molar-refractivity contribution in [3.63, 3.8) is 0 Å². The van der Waals surface area contributed by atoms with E-state index in [-0.39, 0.29) is 13.2 Å². The van der Waals surface area contributed by atoms with Crippen molar-refractivity contribution in [1.82, 2.24) is 4.57 Å². The van der Waals surface area contributed by atoms with Crippen LogP contribution in [0.4, 0.5) is 0 Å². The fourth-order valence-electron chi connectivity index (χ4n) is 1.22. The van der Waals surface area contributed by atoms with E-state index in [1.807, 2.05) is 41.8 Å². The van der Waals surface area contributed by atoms with E-state index in [0.29, 0.717) is 13.0 Å². The van der Waals surface area contributed by atoms with Crippen LogP contribution in [0.25, 0.3) is 0 Å². The molecule has 1 aromatic rings. The third-order valence-electron chi connectivity index (χ3n) is 2.13. The molecule has 0 fully saturated rings. The summed E-state index contributed by atoms with van der Waals surface area (Å²) in [4.78, 5) is 0. The average molecular weight is 263 g/mol. The Labute approximate surface area is 102 Å². The molecule has 0 amide bonds. The second-order valence-electron chi connectivity index (χ2n) is 3.72.